The second-order valence-electron chi connectivity index (χ2n) is 4.32. The van der Waals surface area contributed by atoms with Crippen LogP contribution in [0.2, 0.25) is 0 Å². The molecule has 0 aromatic carbocycles. The zero-order valence-electron chi connectivity index (χ0n) is 10.8. The summed E-state index contributed by atoms with van der Waals surface area (Å²) in [5.41, 5.74) is 1.07. The van der Waals surface area contributed by atoms with Gasteiger partial charge in [-0.3, -0.25) is 4.79 Å². The molecule has 3 nitrogen and oxygen atoms in total. The third kappa shape index (κ3) is 11.2. The van der Waals surface area contributed by atoms with Crippen LogP contribution in [0.5, 0.6) is 0 Å². The number of hydrogen-bond donors (Lipinski definition) is 2. The second-order valence-corrected chi connectivity index (χ2v) is 4.32. The summed E-state index contributed by atoms with van der Waals surface area (Å²) in [5, 5.41) is 6.06. The molecule has 0 rings (SSSR count). The number of unbranched alkanes of at least 4 members (excludes halogenated alkanes) is 3. The van der Waals surface area contributed by atoms with Gasteiger partial charge in [-0.05, 0) is 39.8 Å². The van der Waals surface area contributed by atoms with E-state index in [-0.39, 0.29) is 5.91 Å². The van der Waals surface area contributed by atoms with Gasteiger partial charge in [0.25, 0.3) is 0 Å². The highest BCUT2D eigenvalue weighted by Crippen LogP contribution is 2.00. The molecule has 0 radical (unpaired) electrons. The Balaban J connectivity index is 3.18. The van der Waals surface area contributed by atoms with Crippen LogP contribution in [0.15, 0.2) is 12.2 Å². The van der Waals surface area contributed by atoms with Crippen LogP contribution in [0.25, 0.3) is 0 Å². The zero-order chi connectivity index (χ0) is 12.2. The topological polar surface area (TPSA) is 41.1 Å². The number of carbonyl (C=O) groups excluding carboxylic acids is 1. The Morgan fingerprint density at radius 2 is 1.69 bits per heavy atom. The first-order valence-corrected chi connectivity index (χ1v) is 6.22. The summed E-state index contributed by atoms with van der Waals surface area (Å²) < 4.78 is 0. The average molecular weight is 226 g/mol. The molecule has 0 spiro atoms. The van der Waals surface area contributed by atoms with Crippen molar-refractivity contribution in [2.45, 2.75) is 45.4 Å². The third-order valence-electron chi connectivity index (χ3n) is 2.45. The van der Waals surface area contributed by atoms with Crippen LogP contribution in [0.4, 0.5) is 0 Å². The smallest absolute Gasteiger partial charge is 0.220 e. The molecule has 1 amide bonds. The van der Waals surface area contributed by atoms with E-state index in [9.17, 15) is 4.79 Å². The van der Waals surface area contributed by atoms with Crippen molar-refractivity contribution >= 4 is 5.91 Å². The molecule has 0 atom stereocenters. The number of amides is 1. The monoisotopic (exact) mass is 226 g/mol. The fourth-order valence-corrected chi connectivity index (χ4v) is 1.42. The fraction of sp³-hybridized carbons (Fsp3) is 0.769. The molecule has 0 aromatic rings. The number of allylic oxidation sites excluding steroid dienone is 1. The normalized spacial score (nSPS) is 10.1. The Morgan fingerprint density at radius 3 is 2.25 bits per heavy atom. The van der Waals surface area contributed by atoms with Gasteiger partial charge in [0.15, 0.2) is 0 Å². The van der Waals surface area contributed by atoms with E-state index in [1.165, 1.54) is 19.3 Å². The Morgan fingerprint density at radius 1 is 1.06 bits per heavy atom. The maximum absolute atomic E-state index is 11.3. The van der Waals surface area contributed by atoms with Gasteiger partial charge in [0, 0.05) is 13.0 Å². The highest BCUT2D eigenvalue weighted by Gasteiger charge is 1.99. The lowest BCUT2D eigenvalue weighted by Crippen LogP contribution is -2.24. The van der Waals surface area contributed by atoms with Crippen molar-refractivity contribution in [3.63, 3.8) is 0 Å². The Bertz CT molecular complexity index is 202. The van der Waals surface area contributed by atoms with Crippen LogP contribution < -0.4 is 10.6 Å². The number of hydrogen-bond acceptors (Lipinski definition) is 2. The van der Waals surface area contributed by atoms with Gasteiger partial charge in [-0.2, -0.15) is 0 Å². The van der Waals surface area contributed by atoms with Crippen molar-refractivity contribution in [3.05, 3.63) is 12.2 Å². The molecular formula is C13H26N2O. The van der Waals surface area contributed by atoms with E-state index in [0.29, 0.717) is 6.42 Å². The molecule has 0 saturated carbocycles. The highest BCUT2D eigenvalue weighted by atomic mass is 16.1. The lowest BCUT2D eigenvalue weighted by Gasteiger charge is -2.05. The molecule has 16 heavy (non-hydrogen) atoms. The van der Waals surface area contributed by atoms with E-state index in [1.54, 1.807) is 0 Å². The maximum Gasteiger partial charge on any atom is 0.220 e. The molecule has 0 bridgehead atoms. The van der Waals surface area contributed by atoms with Gasteiger partial charge in [0.2, 0.25) is 5.91 Å². The summed E-state index contributed by atoms with van der Waals surface area (Å²) in [7, 11) is 1.97. The molecular weight excluding hydrogens is 200 g/mol. The minimum absolute atomic E-state index is 0.151. The summed E-state index contributed by atoms with van der Waals surface area (Å²) in [6, 6.07) is 0. The predicted molar refractivity (Wildman–Crippen MR) is 69.5 cm³/mol. The van der Waals surface area contributed by atoms with Crippen LogP contribution in [0.3, 0.4) is 0 Å². The zero-order valence-corrected chi connectivity index (χ0v) is 10.8. The van der Waals surface area contributed by atoms with E-state index in [2.05, 4.69) is 17.2 Å². The van der Waals surface area contributed by atoms with Crippen LogP contribution in [-0.4, -0.2) is 26.0 Å². The van der Waals surface area contributed by atoms with Crippen molar-refractivity contribution in [3.8, 4) is 0 Å². The van der Waals surface area contributed by atoms with Gasteiger partial charge in [-0.15, -0.1) is 6.58 Å². The first-order valence-electron chi connectivity index (χ1n) is 6.22. The summed E-state index contributed by atoms with van der Waals surface area (Å²) in [4.78, 5) is 11.3. The first kappa shape index (κ1) is 15.2. The second kappa shape index (κ2) is 10.7. The van der Waals surface area contributed by atoms with Crippen molar-refractivity contribution in [2.24, 2.45) is 0 Å². The van der Waals surface area contributed by atoms with Gasteiger partial charge < -0.3 is 10.6 Å². The van der Waals surface area contributed by atoms with E-state index in [1.807, 2.05) is 14.0 Å². The van der Waals surface area contributed by atoms with Crippen LogP contribution >= 0.6 is 0 Å². The van der Waals surface area contributed by atoms with Crippen molar-refractivity contribution in [2.75, 3.05) is 20.1 Å². The van der Waals surface area contributed by atoms with Gasteiger partial charge in [0.05, 0.1) is 0 Å². The van der Waals surface area contributed by atoms with Crippen molar-refractivity contribution < 1.29 is 4.79 Å². The average Bonchev–Trinajstić information content (AvgIpc) is 2.25. The van der Waals surface area contributed by atoms with Gasteiger partial charge in [-0.1, -0.05) is 18.4 Å². The Kier molecular flexibility index (Phi) is 10.1. The minimum Gasteiger partial charge on any atom is -0.356 e. The molecule has 2 N–H and O–H groups in total. The van der Waals surface area contributed by atoms with Crippen LogP contribution in [-0.2, 0) is 4.79 Å². The van der Waals surface area contributed by atoms with Crippen LogP contribution in [0, 0.1) is 0 Å². The Hall–Kier alpha value is -0.830. The summed E-state index contributed by atoms with van der Waals surface area (Å²) in [5.74, 6) is 0.151. The van der Waals surface area contributed by atoms with Gasteiger partial charge in [-0.25, -0.2) is 0 Å². The fourth-order valence-electron chi connectivity index (χ4n) is 1.42. The van der Waals surface area contributed by atoms with E-state index in [4.69, 9.17) is 0 Å². The lowest BCUT2D eigenvalue weighted by molar-refractivity contribution is -0.121. The quantitative estimate of drug-likeness (QED) is 0.443. The molecule has 0 aliphatic rings. The highest BCUT2D eigenvalue weighted by molar-refractivity contribution is 5.76. The SMILES string of the molecule is C=C(C)CCC(=O)NCCCCCCNC. The molecule has 3 heteroatoms. The van der Waals surface area contributed by atoms with Gasteiger partial charge >= 0.3 is 0 Å². The number of carbonyl (C=O) groups is 1. The molecule has 0 fully saturated rings. The van der Waals surface area contributed by atoms with Crippen LogP contribution in [0.1, 0.15) is 45.4 Å². The molecule has 0 aliphatic heterocycles. The molecule has 94 valence electrons. The third-order valence-corrected chi connectivity index (χ3v) is 2.45. The molecule has 0 heterocycles. The minimum atomic E-state index is 0.151. The largest absolute Gasteiger partial charge is 0.356 e. The molecule has 0 aromatic heterocycles. The lowest BCUT2D eigenvalue weighted by atomic mass is 10.1. The van der Waals surface area contributed by atoms with E-state index < -0.39 is 0 Å². The number of nitrogens with one attached hydrogen (secondary N) is 2. The summed E-state index contributed by atoms with van der Waals surface area (Å²) in [6.45, 7) is 7.64. The molecule has 0 saturated heterocycles. The predicted octanol–water partition coefficient (Wildman–Crippen LogP) is 2.24. The molecule has 0 unspecified atom stereocenters. The summed E-state index contributed by atoms with van der Waals surface area (Å²) >= 11 is 0. The van der Waals surface area contributed by atoms with Crippen molar-refractivity contribution in [1.29, 1.82) is 0 Å². The molecule has 0 aliphatic carbocycles. The van der Waals surface area contributed by atoms with Crippen molar-refractivity contribution in [1.82, 2.24) is 10.6 Å². The summed E-state index contributed by atoms with van der Waals surface area (Å²) in [6.07, 6.45) is 6.12. The Labute approximate surface area is 99.7 Å². The maximum atomic E-state index is 11.3. The first-order chi connectivity index (χ1) is 7.66. The van der Waals surface area contributed by atoms with Gasteiger partial charge in [0.1, 0.15) is 0 Å². The standard InChI is InChI=1S/C13H26N2O/c1-12(2)8-9-13(16)15-11-7-5-4-6-10-14-3/h14H,1,4-11H2,2-3H3,(H,15,16). The number of rotatable bonds is 10. The van der Waals surface area contributed by atoms with E-state index >= 15 is 0 Å². The van der Waals surface area contributed by atoms with E-state index in [0.717, 1.165) is 31.5 Å².